The number of rotatable bonds is 7. The number of urea groups is 1. The molecule has 1 aliphatic heterocycles. The standard InChI is InChI=1S/C13H24N2O5S/c1-11-10-21(19,20)9-8-15(11)13(18)14-7-5-3-2-4-6-12(16)17/h11H,2-10H2,1H3,(H,14,18)(H,16,17). The quantitative estimate of drug-likeness (QED) is 0.677. The van der Waals surface area contributed by atoms with Crippen LogP contribution in [0.1, 0.15) is 39.0 Å². The molecule has 1 fully saturated rings. The van der Waals surface area contributed by atoms with Gasteiger partial charge in [-0.1, -0.05) is 12.8 Å². The van der Waals surface area contributed by atoms with E-state index in [4.69, 9.17) is 5.11 Å². The third-order valence-corrected chi connectivity index (χ3v) is 5.32. The van der Waals surface area contributed by atoms with E-state index in [2.05, 4.69) is 5.32 Å². The van der Waals surface area contributed by atoms with Gasteiger partial charge in [0.1, 0.15) is 0 Å². The van der Waals surface area contributed by atoms with E-state index in [1.54, 1.807) is 11.8 Å². The van der Waals surface area contributed by atoms with E-state index in [-0.39, 0.29) is 36.5 Å². The minimum atomic E-state index is -3.01. The van der Waals surface area contributed by atoms with E-state index in [0.29, 0.717) is 13.0 Å². The smallest absolute Gasteiger partial charge is 0.317 e. The largest absolute Gasteiger partial charge is 0.481 e. The molecule has 0 bridgehead atoms. The van der Waals surface area contributed by atoms with E-state index in [9.17, 15) is 18.0 Å². The summed E-state index contributed by atoms with van der Waals surface area (Å²) in [4.78, 5) is 23.8. The maximum absolute atomic E-state index is 11.9. The third kappa shape index (κ3) is 6.79. The predicted octanol–water partition coefficient (Wildman–Crippen LogP) is 0.850. The van der Waals surface area contributed by atoms with Crippen molar-refractivity contribution in [3.05, 3.63) is 0 Å². The number of hydrogen-bond donors (Lipinski definition) is 2. The molecule has 1 aliphatic rings. The van der Waals surface area contributed by atoms with Crippen molar-refractivity contribution < 1.29 is 23.1 Å². The molecule has 1 unspecified atom stereocenters. The second-order valence-corrected chi connectivity index (χ2v) is 7.68. The van der Waals surface area contributed by atoms with Crippen LogP contribution in [-0.2, 0) is 14.6 Å². The minimum Gasteiger partial charge on any atom is -0.481 e. The minimum absolute atomic E-state index is 0.0234. The molecule has 2 amide bonds. The zero-order valence-electron chi connectivity index (χ0n) is 12.4. The van der Waals surface area contributed by atoms with Gasteiger partial charge in [0.25, 0.3) is 0 Å². The van der Waals surface area contributed by atoms with Gasteiger partial charge in [-0.15, -0.1) is 0 Å². The second kappa shape index (κ2) is 8.21. The molecule has 0 aromatic heterocycles. The van der Waals surface area contributed by atoms with Crippen LogP contribution >= 0.6 is 0 Å². The van der Waals surface area contributed by atoms with Crippen molar-refractivity contribution in [3.8, 4) is 0 Å². The fraction of sp³-hybridized carbons (Fsp3) is 0.846. The van der Waals surface area contributed by atoms with Crippen molar-refractivity contribution in [1.29, 1.82) is 0 Å². The van der Waals surface area contributed by atoms with Gasteiger partial charge < -0.3 is 15.3 Å². The van der Waals surface area contributed by atoms with Crippen LogP contribution in [0.15, 0.2) is 0 Å². The van der Waals surface area contributed by atoms with Crippen LogP contribution in [0.4, 0.5) is 4.79 Å². The number of carboxylic acids is 1. The Hall–Kier alpha value is -1.31. The van der Waals surface area contributed by atoms with Crippen LogP contribution in [0, 0.1) is 0 Å². The van der Waals surface area contributed by atoms with Gasteiger partial charge in [0, 0.05) is 25.6 Å². The second-order valence-electron chi connectivity index (χ2n) is 5.45. The van der Waals surface area contributed by atoms with E-state index >= 15 is 0 Å². The van der Waals surface area contributed by atoms with Gasteiger partial charge in [-0.25, -0.2) is 13.2 Å². The number of sulfone groups is 1. The van der Waals surface area contributed by atoms with Crippen molar-refractivity contribution >= 4 is 21.8 Å². The van der Waals surface area contributed by atoms with Gasteiger partial charge in [-0.3, -0.25) is 4.79 Å². The molecule has 1 saturated heterocycles. The van der Waals surface area contributed by atoms with Crippen molar-refractivity contribution in [2.24, 2.45) is 0 Å². The molecule has 21 heavy (non-hydrogen) atoms. The summed E-state index contributed by atoms with van der Waals surface area (Å²) in [5.74, 6) is -0.729. The zero-order chi connectivity index (χ0) is 15.9. The van der Waals surface area contributed by atoms with Crippen LogP contribution < -0.4 is 5.32 Å². The number of hydrogen-bond acceptors (Lipinski definition) is 4. The summed E-state index contributed by atoms with van der Waals surface area (Å²) in [5.41, 5.74) is 0. The van der Waals surface area contributed by atoms with Crippen LogP contribution in [0.2, 0.25) is 0 Å². The highest BCUT2D eigenvalue weighted by molar-refractivity contribution is 7.91. The van der Waals surface area contributed by atoms with E-state index in [1.807, 2.05) is 0 Å². The van der Waals surface area contributed by atoms with Gasteiger partial charge in [-0.05, 0) is 19.8 Å². The van der Waals surface area contributed by atoms with Crippen LogP contribution in [-0.4, -0.2) is 61.1 Å². The lowest BCUT2D eigenvalue weighted by Crippen LogP contribution is -2.53. The summed E-state index contributed by atoms with van der Waals surface area (Å²) in [6, 6.07) is -0.512. The average molecular weight is 320 g/mol. The maximum Gasteiger partial charge on any atom is 0.317 e. The van der Waals surface area contributed by atoms with E-state index in [0.717, 1.165) is 19.3 Å². The number of carbonyl (C=O) groups is 2. The highest BCUT2D eigenvalue weighted by Crippen LogP contribution is 2.11. The topological polar surface area (TPSA) is 104 Å². The fourth-order valence-electron chi connectivity index (χ4n) is 2.35. The molecular formula is C13H24N2O5S. The number of carboxylic acid groups (broad SMARTS) is 1. The van der Waals surface area contributed by atoms with Crippen molar-refractivity contribution in [2.75, 3.05) is 24.6 Å². The molecule has 0 aromatic rings. The van der Waals surface area contributed by atoms with Gasteiger partial charge >= 0.3 is 12.0 Å². The molecule has 1 atom stereocenters. The van der Waals surface area contributed by atoms with Crippen molar-refractivity contribution in [3.63, 3.8) is 0 Å². The molecule has 2 N–H and O–H groups in total. The molecule has 0 radical (unpaired) electrons. The lowest BCUT2D eigenvalue weighted by atomic mass is 10.1. The predicted molar refractivity (Wildman–Crippen MR) is 78.9 cm³/mol. The van der Waals surface area contributed by atoms with E-state index in [1.165, 1.54) is 0 Å². The summed E-state index contributed by atoms with van der Waals surface area (Å²) in [5, 5.41) is 11.3. The number of carbonyl (C=O) groups excluding carboxylic acids is 1. The van der Waals surface area contributed by atoms with Crippen LogP contribution in [0.5, 0.6) is 0 Å². The number of unbranched alkanes of at least 4 members (excludes halogenated alkanes) is 3. The Morgan fingerprint density at radius 2 is 1.90 bits per heavy atom. The fourth-order valence-corrected chi connectivity index (χ4v) is 3.91. The van der Waals surface area contributed by atoms with Crippen molar-refractivity contribution in [1.82, 2.24) is 10.2 Å². The average Bonchev–Trinajstić information content (AvgIpc) is 2.35. The van der Waals surface area contributed by atoms with Crippen molar-refractivity contribution in [2.45, 2.75) is 45.1 Å². The first-order valence-electron chi connectivity index (χ1n) is 7.28. The van der Waals surface area contributed by atoms with Gasteiger partial charge in [0.15, 0.2) is 9.84 Å². The Labute approximate surface area is 125 Å². The summed E-state index contributed by atoms with van der Waals surface area (Å²) in [6.07, 6.45) is 3.35. The molecule has 0 aliphatic carbocycles. The highest BCUT2D eigenvalue weighted by Gasteiger charge is 2.30. The van der Waals surface area contributed by atoms with Gasteiger partial charge in [0.05, 0.1) is 11.5 Å². The number of amides is 2. The summed E-state index contributed by atoms with van der Waals surface area (Å²) >= 11 is 0. The molecule has 1 rings (SSSR count). The molecule has 122 valence electrons. The molecule has 0 spiro atoms. The lowest BCUT2D eigenvalue weighted by Gasteiger charge is -2.33. The SMILES string of the molecule is CC1CS(=O)(=O)CCN1C(=O)NCCCCCCC(=O)O. The van der Waals surface area contributed by atoms with Crippen LogP contribution in [0.3, 0.4) is 0 Å². The van der Waals surface area contributed by atoms with Gasteiger partial charge in [-0.2, -0.15) is 0 Å². The third-order valence-electron chi connectivity index (χ3n) is 3.52. The Kier molecular flexibility index (Phi) is 6.94. The summed E-state index contributed by atoms with van der Waals surface area (Å²) in [6.45, 7) is 2.51. The maximum atomic E-state index is 11.9. The van der Waals surface area contributed by atoms with Gasteiger partial charge in [0.2, 0.25) is 0 Å². The first kappa shape index (κ1) is 17.7. The first-order valence-corrected chi connectivity index (χ1v) is 9.10. The first-order chi connectivity index (χ1) is 9.82. The molecule has 0 saturated carbocycles. The monoisotopic (exact) mass is 320 g/mol. The Balaban J connectivity index is 2.15. The molecule has 8 heteroatoms. The molecule has 0 aromatic carbocycles. The molecule has 1 heterocycles. The lowest BCUT2D eigenvalue weighted by molar-refractivity contribution is -0.137. The number of nitrogens with one attached hydrogen (secondary N) is 1. The number of aliphatic carboxylic acids is 1. The zero-order valence-corrected chi connectivity index (χ0v) is 13.2. The van der Waals surface area contributed by atoms with E-state index < -0.39 is 15.8 Å². The Bertz CT molecular complexity index is 463. The Morgan fingerprint density at radius 3 is 2.52 bits per heavy atom. The molecule has 7 nitrogen and oxygen atoms in total. The van der Waals surface area contributed by atoms with Crippen LogP contribution in [0.25, 0.3) is 0 Å². The Morgan fingerprint density at radius 1 is 1.24 bits per heavy atom. The number of nitrogens with zero attached hydrogens (tertiary/aromatic N) is 1. The highest BCUT2D eigenvalue weighted by atomic mass is 32.2. The normalized spacial score (nSPS) is 21.0. The molecular weight excluding hydrogens is 296 g/mol. The summed E-state index contributed by atoms with van der Waals surface area (Å²) < 4.78 is 22.9. The summed E-state index contributed by atoms with van der Waals surface area (Å²) in [7, 11) is -3.01.